The molecule has 2 amide bonds. The summed E-state index contributed by atoms with van der Waals surface area (Å²) in [6, 6.07) is 11.8. The van der Waals surface area contributed by atoms with E-state index < -0.39 is 11.8 Å². The van der Waals surface area contributed by atoms with E-state index in [1.165, 1.54) is 0 Å². The molecule has 5 heteroatoms. The molecule has 1 fully saturated rings. The third-order valence-electron chi connectivity index (χ3n) is 4.00. The number of rotatable bonds is 0. The van der Waals surface area contributed by atoms with E-state index >= 15 is 0 Å². The van der Waals surface area contributed by atoms with Crippen LogP contribution in [0.15, 0.2) is 42.6 Å². The van der Waals surface area contributed by atoms with E-state index in [0.717, 1.165) is 16.9 Å². The van der Waals surface area contributed by atoms with Crippen molar-refractivity contribution >= 4 is 11.8 Å². The molecule has 1 N–H and O–H groups in total. The van der Waals surface area contributed by atoms with Crippen LogP contribution in [0, 0.1) is 0 Å². The molecule has 2 aliphatic rings. The highest BCUT2D eigenvalue weighted by atomic mass is 16.2. The standard InChI is InChI=1S/C15H13N3O2/c19-14-15(20)18-9-10-4-1-2-5-11(10)17-7-3-6-12(17)13(18)8-16-14/h1-7,13H,8-9H2,(H,16,19). The molecule has 5 nitrogen and oxygen atoms in total. The molecule has 2 aromatic rings. The molecule has 100 valence electrons. The fourth-order valence-electron chi connectivity index (χ4n) is 3.04. The van der Waals surface area contributed by atoms with Crippen LogP contribution < -0.4 is 5.32 Å². The first kappa shape index (κ1) is 11.3. The maximum absolute atomic E-state index is 12.2. The molecule has 0 aliphatic carbocycles. The SMILES string of the molecule is O=C1NCC2c3cccn3-c3ccccc3CN2C1=O. The van der Waals surface area contributed by atoms with Crippen molar-refractivity contribution in [1.29, 1.82) is 0 Å². The molecule has 1 unspecified atom stereocenters. The third kappa shape index (κ3) is 1.43. The summed E-state index contributed by atoms with van der Waals surface area (Å²) < 4.78 is 2.10. The maximum atomic E-state index is 12.2. The Kier molecular flexibility index (Phi) is 2.24. The number of piperazine rings is 1. The van der Waals surface area contributed by atoms with Gasteiger partial charge in [0.1, 0.15) is 0 Å². The number of nitrogens with one attached hydrogen (secondary N) is 1. The fraction of sp³-hybridized carbons (Fsp3) is 0.200. The van der Waals surface area contributed by atoms with Crippen LogP contribution in [0.5, 0.6) is 0 Å². The number of para-hydroxylation sites is 1. The molecule has 1 aromatic carbocycles. The largest absolute Gasteiger partial charge is 0.345 e. The molecule has 20 heavy (non-hydrogen) atoms. The summed E-state index contributed by atoms with van der Waals surface area (Å²) in [6.45, 7) is 0.928. The Bertz CT molecular complexity index is 719. The van der Waals surface area contributed by atoms with E-state index in [9.17, 15) is 9.59 Å². The van der Waals surface area contributed by atoms with Crippen molar-refractivity contribution in [2.45, 2.75) is 12.6 Å². The fourth-order valence-corrected chi connectivity index (χ4v) is 3.04. The van der Waals surface area contributed by atoms with E-state index in [1.807, 2.05) is 42.6 Å². The highest BCUT2D eigenvalue weighted by Crippen LogP contribution is 2.33. The molecule has 2 aliphatic heterocycles. The first-order valence-corrected chi connectivity index (χ1v) is 6.60. The van der Waals surface area contributed by atoms with E-state index in [2.05, 4.69) is 9.88 Å². The molecule has 0 spiro atoms. The maximum Gasteiger partial charge on any atom is 0.312 e. The predicted molar refractivity (Wildman–Crippen MR) is 72.1 cm³/mol. The van der Waals surface area contributed by atoms with Crippen molar-refractivity contribution in [3.63, 3.8) is 0 Å². The number of fused-ring (bicyclic) bond motifs is 5. The number of benzene rings is 1. The van der Waals surface area contributed by atoms with Crippen molar-refractivity contribution in [3.8, 4) is 5.69 Å². The highest BCUT2D eigenvalue weighted by Gasteiger charge is 2.38. The lowest BCUT2D eigenvalue weighted by Crippen LogP contribution is -2.53. The van der Waals surface area contributed by atoms with Gasteiger partial charge in [-0.2, -0.15) is 0 Å². The van der Waals surface area contributed by atoms with Crippen LogP contribution in [0.1, 0.15) is 17.3 Å². The summed E-state index contributed by atoms with van der Waals surface area (Å²) in [5.74, 6) is -0.968. The summed E-state index contributed by atoms with van der Waals surface area (Å²) in [5.41, 5.74) is 3.15. The van der Waals surface area contributed by atoms with Crippen LogP contribution in [-0.2, 0) is 16.1 Å². The summed E-state index contributed by atoms with van der Waals surface area (Å²) in [5, 5.41) is 2.67. The van der Waals surface area contributed by atoms with Crippen molar-refractivity contribution in [1.82, 2.24) is 14.8 Å². The van der Waals surface area contributed by atoms with E-state index in [-0.39, 0.29) is 6.04 Å². The van der Waals surface area contributed by atoms with E-state index in [1.54, 1.807) is 4.90 Å². The smallest absolute Gasteiger partial charge is 0.312 e. The van der Waals surface area contributed by atoms with E-state index in [0.29, 0.717) is 13.1 Å². The Balaban J connectivity index is 1.94. The number of nitrogens with zero attached hydrogens (tertiary/aromatic N) is 2. The summed E-state index contributed by atoms with van der Waals surface area (Å²) in [4.78, 5) is 25.4. The van der Waals surface area contributed by atoms with Gasteiger partial charge in [0, 0.05) is 25.0 Å². The Morgan fingerprint density at radius 3 is 2.85 bits per heavy atom. The Morgan fingerprint density at radius 2 is 1.95 bits per heavy atom. The lowest BCUT2D eigenvalue weighted by molar-refractivity contribution is -0.151. The molecule has 4 rings (SSSR count). The zero-order chi connectivity index (χ0) is 13.7. The molecular weight excluding hydrogens is 254 g/mol. The van der Waals surface area contributed by atoms with Gasteiger partial charge >= 0.3 is 11.8 Å². The van der Waals surface area contributed by atoms with Gasteiger partial charge < -0.3 is 14.8 Å². The number of carbonyl (C=O) groups excluding carboxylic acids is 2. The zero-order valence-electron chi connectivity index (χ0n) is 10.7. The summed E-state index contributed by atoms with van der Waals surface area (Å²) >= 11 is 0. The van der Waals surface area contributed by atoms with Gasteiger partial charge in [-0.15, -0.1) is 0 Å². The number of hydrogen-bond donors (Lipinski definition) is 1. The first-order valence-electron chi connectivity index (χ1n) is 6.60. The minimum atomic E-state index is -0.515. The van der Waals surface area contributed by atoms with Crippen LogP contribution in [0.25, 0.3) is 5.69 Å². The van der Waals surface area contributed by atoms with Crippen molar-refractivity contribution in [2.24, 2.45) is 0 Å². The van der Waals surface area contributed by atoms with Gasteiger partial charge in [0.2, 0.25) is 0 Å². The average Bonchev–Trinajstić information content (AvgIpc) is 2.89. The second-order valence-corrected chi connectivity index (χ2v) is 5.09. The molecular formula is C15H13N3O2. The minimum Gasteiger partial charge on any atom is -0.345 e. The predicted octanol–water partition coefficient (Wildman–Crippen LogP) is 0.990. The monoisotopic (exact) mass is 267 g/mol. The van der Waals surface area contributed by atoms with Crippen LogP contribution in [0.4, 0.5) is 0 Å². The van der Waals surface area contributed by atoms with Gasteiger partial charge in [-0.25, -0.2) is 0 Å². The molecule has 0 bridgehead atoms. The normalized spacial score (nSPS) is 20.6. The van der Waals surface area contributed by atoms with Crippen LogP contribution >= 0.6 is 0 Å². The van der Waals surface area contributed by atoms with Gasteiger partial charge in [-0.1, -0.05) is 18.2 Å². The first-order chi connectivity index (χ1) is 9.75. The highest BCUT2D eigenvalue weighted by molar-refractivity contribution is 6.35. The van der Waals surface area contributed by atoms with Crippen molar-refractivity contribution < 1.29 is 9.59 Å². The van der Waals surface area contributed by atoms with Gasteiger partial charge in [-0.05, 0) is 23.8 Å². The van der Waals surface area contributed by atoms with Crippen LogP contribution in [-0.4, -0.2) is 27.8 Å². The second kappa shape index (κ2) is 3.96. The molecule has 1 saturated heterocycles. The molecule has 0 radical (unpaired) electrons. The molecule has 0 saturated carbocycles. The number of carbonyl (C=O) groups is 2. The van der Waals surface area contributed by atoms with Gasteiger partial charge in [0.15, 0.2) is 0 Å². The van der Waals surface area contributed by atoms with Gasteiger partial charge in [-0.3, -0.25) is 9.59 Å². The molecule has 1 aromatic heterocycles. The Hall–Kier alpha value is -2.56. The van der Waals surface area contributed by atoms with Gasteiger partial charge in [0.05, 0.1) is 11.7 Å². The third-order valence-corrected chi connectivity index (χ3v) is 4.00. The van der Waals surface area contributed by atoms with E-state index in [4.69, 9.17) is 0 Å². The number of amides is 2. The second-order valence-electron chi connectivity index (χ2n) is 5.09. The van der Waals surface area contributed by atoms with Crippen LogP contribution in [0.2, 0.25) is 0 Å². The zero-order valence-corrected chi connectivity index (χ0v) is 10.7. The molecule has 1 atom stereocenters. The lowest BCUT2D eigenvalue weighted by atomic mass is 10.1. The Labute approximate surface area is 115 Å². The summed E-state index contributed by atoms with van der Waals surface area (Å²) in [7, 11) is 0. The Morgan fingerprint density at radius 1 is 1.10 bits per heavy atom. The number of aromatic nitrogens is 1. The van der Waals surface area contributed by atoms with Crippen molar-refractivity contribution in [3.05, 3.63) is 53.9 Å². The van der Waals surface area contributed by atoms with Crippen LogP contribution in [0.3, 0.4) is 0 Å². The quantitative estimate of drug-likeness (QED) is 0.724. The topological polar surface area (TPSA) is 54.3 Å². The summed E-state index contributed by atoms with van der Waals surface area (Å²) in [6.07, 6.45) is 2.00. The minimum absolute atomic E-state index is 0.109. The molecule has 3 heterocycles. The number of hydrogen-bond acceptors (Lipinski definition) is 2. The van der Waals surface area contributed by atoms with Crippen molar-refractivity contribution in [2.75, 3.05) is 6.54 Å². The van der Waals surface area contributed by atoms with Gasteiger partial charge in [0.25, 0.3) is 0 Å². The lowest BCUT2D eigenvalue weighted by Gasteiger charge is -2.33. The average molecular weight is 267 g/mol.